The first kappa shape index (κ1) is 23.3. The van der Waals surface area contributed by atoms with E-state index in [0.717, 1.165) is 23.8 Å². The van der Waals surface area contributed by atoms with Crippen molar-refractivity contribution < 1.29 is 19.8 Å². The molecule has 0 saturated carbocycles. The molecule has 168 valence electrons. The predicted octanol–water partition coefficient (Wildman–Crippen LogP) is 5.77. The Morgan fingerprint density at radius 2 is 1.50 bits per heavy atom. The first-order chi connectivity index (χ1) is 15.4. The summed E-state index contributed by atoms with van der Waals surface area (Å²) < 4.78 is 1.09. The Hall–Kier alpha value is -3.34. The Morgan fingerprint density at radius 1 is 0.875 bits per heavy atom. The molecule has 3 rings (SSSR count). The summed E-state index contributed by atoms with van der Waals surface area (Å²) in [4.78, 5) is 26.0. The molecule has 0 aliphatic rings. The van der Waals surface area contributed by atoms with Crippen LogP contribution < -0.4 is 0 Å². The zero-order valence-electron chi connectivity index (χ0n) is 18.8. The maximum Gasteiger partial charge on any atom is 0.265 e. The van der Waals surface area contributed by atoms with Crippen LogP contribution in [-0.2, 0) is 12.8 Å². The van der Waals surface area contributed by atoms with Gasteiger partial charge >= 0.3 is 0 Å². The predicted molar refractivity (Wildman–Crippen MR) is 125 cm³/mol. The summed E-state index contributed by atoms with van der Waals surface area (Å²) in [6.45, 7) is 3.91. The minimum absolute atomic E-state index is 0.124. The molecule has 0 radical (unpaired) electrons. The quantitative estimate of drug-likeness (QED) is 0.314. The number of carbonyl (C=O) groups is 2. The molecule has 0 aliphatic carbocycles. The average molecular weight is 434 g/mol. The molecule has 0 bridgehead atoms. The van der Waals surface area contributed by atoms with Crippen molar-refractivity contribution in [2.45, 2.75) is 52.4 Å². The molecule has 32 heavy (non-hydrogen) atoms. The van der Waals surface area contributed by atoms with Crippen LogP contribution in [0.25, 0.3) is 0 Å². The monoisotopic (exact) mass is 433 g/mol. The highest BCUT2D eigenvalue weighted by Crippen LogP contribution is 2.37. The number of aromatic nitrogens is 1. The Morgan fingerprint density at radius 3 is 2.12 bits per heavy atom. The lowest BCUT2D eigenvalue weighted by molar-refractivity contribution is 0.0946. The maximum atomic E-state index is 13.1. The molecule has 0 spiro atoms. The average Bonchev–Trinajstić information content (AvgIpc) is 3.03. The second kappa shape index (κ2) is 10.8. The molecule has 5 nitrogen and oxygen atoms in total. The number of hydrogen-bond acceptors (Lipinski definition) is 4. The SMILES string of the molecule is CC(C)Cc1c(O)c(C(=O)CCCCCc2ccccc2)c(O)n1C(=O)c1ccccc1. The summed E-state index contributed by atoms with van der Waals surface area (Å²) in [6.07, 6.45) is 4.00. The van der Waals surface area contributed by atoms with Crippen LogP contribution in [0.2, 0.25) is 0 Å². The van der Waals surface area contributed by atoms with Crippen molar-refractivity contribution in [3.8, 4) is 11.6 Å². The number of carbonyl (C=O) groups excluding carboxylic acids is 2. The van der Waals surface area contributed by atoms with E-state index in [-0.39, 0.29) is 35.1 Å². The fraction of sp³-hybridized carbons (Fsp3) is 0.333. The third kappa shape index (κ3) is 5.47. The second-order valence-corrected chi connectivity index (χ2v) is 8.57. The lowest BCUT2D eigenvalue weighted by atomic mass is 10.0. The van der Waals surface area contributed by atoms with Gasteiger partial charge in [0.25, 0.3) is 5.91 Å². The molecule has 0 saturated heterocycles. The number of unbranched alkanes of at least 4 members (excludes halogenated alkanes) is 2. The van der Waals surface area contributed by atoms with Crippen LogP contribution >= 0.6 is 0 Å². The van der Waals surface area contributed by atoms with Crippen LogP contribution in [0.15, 0.2) is 60.7 Å². The topological polar surface area (TPSA) is 79.5 Å². The molecule has 0 atom stereocenters. The van der Waals surface area contributed by atoms with E-state index in [2.05, 4.69) is 12.1 Å². The van der Waals surface area contributed by atoms with Gasteiger partial charge in [-0.05, 0) is 49.3 Å². The van der Waals surface area contributed by atoms with E-state index in [4.69, 9.17) is 0 Å². The highest BCUT2D eigenvalue weighted by Gasteiger charge is 2.30. The van der Waals surface area contributed by atoms with Crippen LogP contribution in [0.3, 0.4) is 0 Å². The highest BCUT2D eigenvalue weighted by molar-refractivity contribution is 6.05. The number of Topliss-reactive ketones (excluding diaryl/α,β-unsaturated/α-hetero) is 1. The van der Waals surface area contributed by atoms with Crippen LogP contribution in [-0.4, -0.2) is 26.5 Å². The smallest absolute Gasteiger partial charge is 0.265 e. The fourth-order valence-corrected chi connectivity index (χ4v) is 3.92. The van der Waals surface area contributed by atoms with Gasteiger partial charge in [-0.15, -0.1) is 0 Å². The zero-order chi connectivity index (χ0) is 23.1. The zero-order valence-corrected chi connectivity index (χ0v) is 18.8. The van der Waals surface area contributed by atoms with Gasteiger partial charge in [0.1, 0.15) is 5.56 Å². The lowest BCUT2D eigenvalue weighted by Crippen LogP contribution is -2.16. The summed E-state index contributed by atoms with van der Waals surface area (Å²) in [6, 6.07) is 18.7. The van der Waals surface area contributed by atoms with E-state index in [1.54, 1.807) is 30.3 Å². The molecular weight excluding hydrogens is 402 g/mol. The van der Waals surface area contributed by atoms with Crippen LogP contribution in [0.1, 0.15) is 71.5 Å². The van der Waals surface area contributed by atoms with Crippen molar-refractivity contribution in [3.63, 3.8) is 0 Å². The van der Waals surface area contributed by atoms with Gasteiger partial charge in [-0.1, -0.05) is 68.8 Å². The van der Waals surface area contributed by atoms with E-state index in [9.17, 15) is 19.8 Å². The van der Waals surface area contributed by atoms with Gasteiger partial charge in [0.2, 0.25) is 5.88 Å². The third-order valence-corrected chi connectivity index (χ3v) is 5.53. The van der Waals surface area contributed by atoms with E-state index >= 15 is 0 Å². The number of ketones is 1. The standard InChI is InChI=1S/C27H31NO4/c1-19(2)18-22-25(30)24(27(32)28(22)26(31)21-15-9-5-10-16-21)23(29)17-11-4-8-14-20-12-6-3-7-13-20/h3,5-7,9-10,12-13,15-16,19,30,32H,4,8,11,14,17-18H2,1-2H3. The van der Waals surface area contributed by atoms with Crippen molar-refractivity contribution in [2.75, 3.05) is 0 Å². The molecule has 5 heteroatoms. The molecule has 0 amide bonds. The molecule has 1 aromatic heterocycles. The van der Waals surface area contributed by atoms with Gasteiger partial charge in [-0.2, -0.15) is 0 Å². The molecular formula is C27H31NO4. The minimum atomic E-state index is -0.471. The number of aryl methyl sites for hydroxylation is 1. The molecule has 3 aromatic rings. The fourth-order valence-electron chi connectivity index (χ4n) is 3.92. The molecule has 2 N–H and O–H groups in total. The van der Waals surface area contributed by atoms with Crippen molar-refractivity contribution >= 4 is 11.7 Å². The van der Waals surface area contributed by atoms with E-state index in [1.165, 1.54) is 5.56 Å². The number of nitrogens with zero attached hydrogens (tertiary/aromatic N) is 1. The minimum Gasteiger partial charge on any atom is -0.505 e. The van der Waals surface area contributed by atoms with Gasteiger partial charge in [0, 0.05) is 12.0 Å². The first-order valence-electron chi connectivity index (χ1n) is 11.2. The Kier molecular flexibility index (Phi) is 7.87. The van der Waals surface area contributed by atoms with Gasteiger partial charge in [0.05, 0.1) is 5.69 Å². The summed E-state index contributed by atoms with van der Waals surface area (Å²) in [7, 11) is 0. The van der Waals surface area contributed by atoms with Gasteiger partial charge in [-0.3, -0.25) is 9.59 Å². The third-order valence-electron chi connectivity index (χ3n) is 5.53. The van der Waals surface area contributed by atoms with E-state index in [1.807, 2.05) is 32.0 Å². The lowest BCUT2D eigenvalue weighted by Gasteiger charge is -2.11. The van der Waals surface area contributed by atoms with Crippen LogP contribution in [0.5, 0.6) is 11.6 Å². The highest BCUT2D eigenvalue weighted by atomic mass is 16.3. The van der Waals surface area contributed by atoms with E-state index < -0.39 is 11.8 Å². The largest absolute Gasteiger partial charge is 0.505 e. The van der Waals surface area contributed by atoms with Crippen LogP contribution in [0.4, 0.5) is 0 Å². The molecule has 0 aliphatic heterocycles. The summed E-state index contributed by atoms with van der Waals surface area (Å²) in [5, 5.41) is 21.6. The first-order valence-corrected chi connectivity index (χ1v) is 11.2. The van der Waals surface area contributed by atoms with Gasteiger partial charge in [0.15, 0.2) is 11.5 Å². The second-order valence-electron chi connectivity index (χ2n) is 8.57. The van der Waals surface area contributed by atoms with Crippen LogP contribution in [0, 0.1) is 5.92 Å². The number of rotatable bonds is 10. The summed E-state index contributed by atoms with van der Waals surface area (Å²) in [5.74, 6) is -1.44. The van der Waals surface area contributed by atoms with E-state index in [0.29, 0.717) is 18.4 Å². The summed E-state index contributed by atoms with van der Waals surface area (Å²) >= 11 is 0. The maximum absolute atomic E-state index is 13.1. The van der Waals surface area contributed by atoms with Crippen molar-refractivity contribution in [2.24, 2.45) is 5.92 Å². The summed E-state index contributed by atoms with van der Waals surface area (Å²) in [5.41, 5.74) is 1.78. The van der Waals surface area contributed by atoms with Crippen molar-refractivity contribution in [1.82, 2.24) is 4.57 Å². The van der Waals surface area contributed by atoms with Crippen molar-refractivity contribution in [3.05, 3.63) is 83.0 Å². The molecule has 0 fully saturated rings. The Labute approximate surface area is 189 Å². The number of aromatic hydroxyl groups is 2. The Bertz CT molecular complexity index is 1050. The van der Waals surface area contributed by atoms with Gasteiger partial charge in [-0.25, -0.2) is 4.57 Å². The Balaban J connectivity index is 1.74. The van der Waals surface area contributed by atoms with Crippen molar-refractivity contribution in [1.29, 1.82) is 0 Å². The van der Waals surface area contributed by atoms with Gasteiger partial charge < -0.3 is 10.2 Å². The molecule has 1 heterocycles. The molecule has 0 unspecified atom stereocenters. The molecule has 2 aromatic carbocycles. The number of benzene rings is 2. The number of hydrogen-bond donors (Lipinski definition) is 2. The normalized spacial score (nSPS) is 11.1.